The summed E-state index contributed by atoms with van der Waals surface area (Å²) in [5, 5.41) is 3.07. The van der Waals surface area contributed by atoms with Crippen LogP contribution < -0.4 is 9.82 Å². The number of hydrogen-bond acceptors (Lipinski definition) is 2. The second-order valence-electron chi connectivity index (χ2n) is 8.04. The van der Waals surface area contributed by atoms with E-state index in [1.165, 1.54) is 0 Å². The average Bonchev–Trinajstić information content (AvgIpc) is 2.59. The lowest BCUT2D eigenvalue weighted by atomic mass is 9.83. The Kier molecular flexibility index (Phi) is 4.59. The summed E-state index contributed by atoms with van der Waals surface area (Å²) in [6.07, 6.45) is 0. The molecule has 0 spiro atoms. The van der Waals surface area contributed by atoms with Crippen LogP contribution in [0, 0.1) is 5.92 Å². The van der Waals surface area contributed by atoms with E-state index in [2.05, 4.69) is 39.7 Å². The third kappa shape index (κ3) is 2.94. The molecule has 2 aromatic rings. The first kappa shape index (κ1) is 18.2. The molecule has 1 N–H and O–H groups in total. The molecule has 0 aromatic heterocycles. The van der Waals surface area contributed by atoms with Crippen LogP contribution in [0.3, 0.4) is 0 Å². The van der Waals surface area contributed by atoms with E-state index >= 15 is 0 Å². The lowest BCUT2D eigenvalue weighted by Crippen LogP contribution is -2.60. The Morgan fingerprint density at radius 3 is 2.20 bits per heavy atom. The third-order valence-corrected chi connectivity index (χ3v) is 10.8. The zero-order valence-electron chi connectivity index (χ0n) is 15.7. The number of hydrogen-bond donors (Lipinski definition) is 1. The summed E-state index contributed by atoms with van der Waals surface area (Å²) in [5.74, 6) is 2.03. The Morgan fingerprint density at radius 2 is 1.56 bits per heavy atom. The predicted octanol–water partition coefficient (Wildman–Crippen LogP) is 6.05. The SMILES string of the molecule is CC1C(C)(C)P(=O)(NCc2cccc(Oc3ccccc3)c2)C1(C)C. The van der Waals surface area contributed by atoms with Gasteiger partial charge in [-0.15, -0.1) is 0 Å². The van der Waals surface area contributed by atoms with Gasteiger partial charge in [0.2, 0.25) is 0 Å². The summed E-state index contributed by atoms with van der Waals surface area (Å²) in [7, 11) is -2.49. The van der Waals surface area contributed by atoms with Gasteiger partial charge in [-0.3, -0.25) is 5.09 Å². The normalized spacial score (nSPS) is 26.7. The van der Waals surface area contributed by atoms with E-state index in [-0.39, 0.29) is 10.3 Å². The third-order valence-electron chi connectivity index (χ3n) is 6.13. The van der Waals surface area contributed by atoms with Crippen molar-refractivity contribution in [3.63, 3.8) is 0 Å². The molecule has 0 saturated carbocycles. The van der Waals surface area contributed by atoms with Crippen LogP contribution >= 0.6 is 7.29 Å². The van der Waals surface area contributed by atoms with Gasteiger partial charge in [0, 0.05) is 16.9 Å². The van der Waals surface area contributed by atoms with E-state index in [1.54, 1.807) is 0 Å². The maximum Gasteiger partial charge on any atom is 0.159 e. The van der Waals surface area contributed by atoms with Gasteiger partial charge in [0.1, 0.15) is 11.5 Å². The zero-order valence-corrected chi connectivity index (χ0v) is 16.6. The van der Waals surface area contributed by atoms with Gasteiger partial charge < -0.3 is 9.30 Å². The summed E-state index contributed by atoms with van der Waals surface area (Å²) in [6, 6.07) is 17.7. The average molecular weight is 357 g/mol. The minimum Gasteiger partial charge on any atom is -0.457 e. The van der Waals surface area contributed by atoms with E-state index in [9.17, 15) is 4.57 Å². The van der Waals surface area contributed by atoms with Gasteiger partial charge in [0.15, 0.2) is 7.29 Å². The molecule has 0 unspecified atom stereocenters. The van der Waals surface area contributed by atoms with Gasteiger partial charge in [-0.25, -0.2) is 0 Å². The molecular weight excluding hydrogens is 329 g/mol. The maximum atomic E-state index is 13.6. The highest BCUT2D eigenvalue weighted by molar-refractivity contribution is 7.66. The van der Waals surface area contributed by atoms with Gasteiger partial charge in [0.25, 0.3) is 0 Å². The van der Waals surface area contributed by atoms with Crippen molar-refractivity contribution < 1.29 is 9.30 Å². The molecule has 0 radical (unpaired) electrons. The highest BCUT2D eigenvalue weighted by atomic mass is 31.2. The number of rotatable bonds is 5. The van der Waals surface area contributed by atoms with Crippen LogP contribution in [0.25, 0.3) is 0 Å². The highest BCUT2D eigenvalue weighted by Crippen LogP contribution is 2.79. The van der Waals surface area contributed by atoms with E-state index < -0.39 is 7.29 Å². The second-order valence-corrected chi connectivity index (χ2v) is 11.9. The lowest BCUT2D eigenvalue weighted by Gasteiger charge is -2.62. The van der Waals surface area contributed by atoms with Gasteiger partial charge >= 0.3 is 0 Å². The fourth-order valence-electron chi connectivity index (χ4n) is 4.04. The van der Waals surface area contributed by atoms with Crippen molar-refractivity contribution in [2.75, 3.05) is 0 Å². The number of para-hydroxylation sites is 1. The molecule has 25 heavy (non-hydrogen) atoms. The van der Waals surface area contributed by atoms with Crippen molar-refractivity contribution in [1.82, 2.24) is 5.09 Å². The standard InChI is InChI=1S/C21H28NO2P/c1-16-20(2,3)25(23,21(16,4)5)22-15-17-10-9-13-19(14-17)24-18-11-7-6-8-12-18/h6-14,16H,15H2,1-5H3,(H,22,23). The number of benzene rings is 2. The predicted molar refractivity (Wildman–Crippen MR) is 105 cm³/mol. The van der Waals surface area contributed by atoms with Crippen molar-refractivity contribution in [3.8, 4) is 11.5 Å². The van der Waals surface area contributed by atoms with Crippen LogP contribution in [-0.4, -0.2) is 10.3 Å². The zero-order chi connectivity index (χ0) is 18.3. The molecular formula is C21H28NO2P. The van der Waals surface area contributed by atoms with Crippen molar-refractivity contribution in [1.29, 1.82) is 0 Å². The molecule has 1 aliphatic heterocycles. The second kappa shape index (κ2) is 6.30. The van der Waals surface area contributed by atoms with E-state index in [1.807, 2.05) is 54.6 Å². The molecule has 0 aliphatic carbocycles. The molecule has 1 heterocycles. The summed E-state index contributed by atoms with van der Waals surface area (Å²) < 4.78 is 19.5. The Balaban J connectivity index is 1.72. The van der Waals surface area contributed by atoms with Gasteiger partial charge in [0.05, 0.1) is 0 Å². The molecule has 2 aromatic carbocycles. The molecule has 134 valence electrons. The molecule has 1 saturated heterocycles. The monoisotopic (exact) mass is 357 g/mol. The van der Waals surface area contributed by atoms with Crippen LogP contribution in [0.5, 0.6) is 11.5 Å². The molecule has 3 nitrogen and oxygen atoms in total. The fraction of sp³-hybridized carbons (Fsp3) is 0.429. The van der Waals surface area contributed by atoms with Crippen molar-refractivity contribution in [3.05, 3.63) is 60.2 Å². The van der Waals surface area contributed by atoms with Crippen LogP contribution in [-0.2, 0) is 11.1 Å². The van der Waals surface area contributed by atoms with Crippen LogP contribution in [0.15, 0.2) is 54.6 Å². The number of nitrogens with one attached hydrogen (secondary N) is 1. The first-order chi connectivity index (χ1) is 11.7. The van der Waals surface area contributed by atoms with Crippen molar-refractivity contribution in [2.24, 2.45) is 5.92 Å². The molecule has 0 bridgehead atoms. The first-order valence-corrected chi connectivity index (χ1v) is 10.6. The highest BCUT2D eigenvalue weighted by Gasteiger charge is 2.67. The van der Waals surface area contributed by atoms with Gasteiger partial charge in [-0.2, -0.15) is 0 Å². The lowest BCUT2D eigenvalue weighted by molar-refractivity contribution is 0.262. The molecule has 0 amide bonds. The Labute approximate surface area is 151 Å². The molecule has 1 fully saturated rings. The van der Waals surface area contributed by atoms with E-state index in [0.29, 0.717) is 12.5 Å². The van der Waals surface area contributed by atoms with Gasteiger partial charge in [-0.1, -0.05) is 65.0 Å². The molecule has 4 heteroatoms. The van der Waals surface area contributed by atoms with E-state index in [4.69, 9.17) is 4.74 Å². The van der Waals surface area contributed by atoms with Crippen molar-refractivity contribution >= 4 is 7.29 Å². The number of ether oxygens (including phenoxy) is 1. The quantitative estimate of drug-likeness (QED) is 0.662. The largest absolute Gasteiger partial charge is 0.457 e. The Hall–Kier alpha value is -1.57. The first-order valence-electron chi connectivity index (χ1n) is 8.86. The summed E-state index contributed by atoms with van der Waals surface area (Å²) >= 11 is 0. The Morgan fingerprint density at radius 1 is 0.960 bits per heavy atom. The van der Waals surface area contributed by atoms with Crippen LogP contribution in [0.2, 0.25) is 0 Å². The molecule has 1 aliphatic rings. The van der Waals surface area contributed by atoms with Crippen LogP contribution in [0.4, 0.5) is 0 Å². The van der Waals surface area contributed by atoms with Crippen molar-refractivity contribution in [2.45, 2.75) is 51.5 Å². The molecule has 0 atom stereocenters. The van der Waals surface area contributed by atoms with Gasteiger partial charge in [-0.05, 0) is 35.7 Å². The Bertz CT molecular complexity index is 779. The summed E-state index contributed by atoms with van der Waals surface area (Å²) in [6.45, 7) is 11.3. The fourth-order valence-corrected chi connectivity index (χ4v) is 8.28. The summed E-state index contributed by atoms with van der Waals surface area (Å²) in [4.78, 5) is 0. The van der Waals surface area contributed by atoms with Crippen LogP contribution in [0.1, 0.15) is 40.2 Å². The summed E-state index contributed by atoms with van der Waals surface area (Å²) in [5.41, 5.74) is 1.08. The topological polar surface area (TPSA) is 38.3 Å². The van der Waals surface area contributed by atoms with E-state index in [0.717, 1.165) is 17.1 Å². The minimum atomic E-state index is -2.49. The minimum absolute atomic E-state index is 0.172. The maximum absolute atomic E-state index is 13.6. The molecule has 3 rings (SSSR count). The smallest absolute Gasteiger partial charge is 0.159 e.